The van der Waals surface area contributed by atoms with Gasteiger partial charge in [0.15, 0.2) is 10.4 Å². The number of hydrogen-bond donors (Lipinski definition) is 1. The largest absolute Gasteiger partial charge is 0.329 e. The Morgan fingerprint density at radius 3 is 3.05 bits per heavy atom. The highest BCUT2D eigenvalue weighted by Gasteiger charge is 2.07. The van der Waals surface area contributed by atoms with E-state index in [2.05, 4.69) is 15.1 Å². The molecule has 0 fully saturated rings. The smallest absolute Gasteiger partial charge is 0.179 e. The Kier molecular flexibility index (Phi) is 3.12. The topological polar surface area (TPSA) is 51.4 Å². The van der Waals surface area contributed by atoms with E-state index in [9.17, 15) is 0 Å². The minimum atomic E-state index is 0.600. The molecule has 98 valence electrons. The van der Waals surface area contributed by atoms with E-state index in [-0.39, 0.29) is 0 Å². The average molecular weight is 294 g/mol. The van der Waals surface area contributed by atoms with Crippen molar-refractivity contribution < 1.29 is 0 Å². The molecule has 0 radical (unpaired) electrons. The Morgan fingerprint density at radius 2 is 2.32 bits per heavy atom. The number of hydrogen-bond acceptors (Lipinski definition) is 3. The van der Waals surface area contributed by atoms with E-state index in [0.29, 0.717) is 9.79 Å². The molecule has 0 aromatic carbocycles. The Balaban J connectivity index is 1.95. The van der Waals surface area contributed by atoms with Crippen LogP contribution in [0.5, 0.6) is 0 Å². The van der Waals surface area contributed by atoms with Gasteiger partial charge in [-0.15, -0.1) is 0 Å². The number of nitrogens with zero attached hydrogens (tertiary/aromatic N) is 4. The molecule has 0 aliphatic rings. The van der Waals surface area contributed by atoms with Gasteiger partial charge in [-0.25, -0.2) is 4.98 Å². The van der Waals surface area contributed by atoms with E-state index < -0.39 is 0 Å². The van der Waals surface area contributed by atoms with Gasteiger partial charge >= 0.3 is 0 Å². The fraction of sp³-hybridized carbons (Fsp3) is 0.250. The van der Waals surface area contributed by atoms with Crippen molar-refractivity contribution in [2.24, 2.45) is 7.05 Å². The number of nitrogens with one attached hydrogen (secondary N) is 1. The first kappa shape index (κ1) is 12.4. The Labute approximate surface area is 119 Å². The van der Waals surface area contributed by atoms with Gasteiger partial charge in [0.25, 0.3) is 0 Å². The fourth-order valence-electron chi connectivity index (χ4n) is 2.10. The third kappa shape index (κ3) is 2.29. The summed E-state index contributed by atoms with van der Waals surface area (Å²) in [5.41, 5.74) is 2.85. The molecule has 0 aliphatic carbocycles. The summed E-state index contributed by atoms with van der Waals surface area (Å²) in [5.74, 6) is 0. The second-order valence-electron chi connectivity index (χ2n) is 4.30. The maximum Gasteiger partial charge on any atom is 0.179 e. The highest BCUT2D eigenvalue weighted by molar-refractivity contribution is 7.71. The van der Waals surface area contributed by atoms with E-state index >= 15 is 0 Å². The number of aromatic nitrogens is 5. The van der Waals surface area contributed by atoms with Crippen LogP contribution in [0.15, 0.2) is 24.5 Å². The average Bonchev–Trinajstić information content (AvgIpc) is 2.90. The van der Waals surface area contributed by atoms with E-state index in [1.165, 1.54) is 0 Å². The van der Waals surface area contributed by atoms with E-state index in [4.69, 9.17) is 23.8 Å². The molecule has 0 spiro atoms. The van der Waals surface area contributed by atoms with Crippen molar-refractivity contribution in [3.05, 3.63) is 40.0 Å². The molecule has 0 amide bonds. The quantitative estimate of drug-likeness (QED) is 0.756. The number of aromatic amines is 1. The van der Waals surface area contributed by atoms with Crippen LogP contribution in [0.1, 0.15) is 5.69 Å². The number of rotatable bonds is 3. The highest BCUT2D eigenvalue weighted by Crippen LogP contribution is 2.16. The molecular formula is C12H12ClN5S. The van der Waals surface area contributed by atoms with Crippen LogP contribution in [0, 0.1) is 4.77 Å². The van der Waals surface area contributed by atoms with Crippen molar-refractivity contribution in [1.29, 1.82) is 0 Å². The molecule has 0 saturated heterocycles. The van der Waals surface area contributed by atoms with Crippen LogP contribution in [0.4, 0.5) is 0 Å². The lowest BCUT2D eigenvalue weighted by Crippen LogP contribution is -2.06. The molecule has 3 heterocycles. The van der Waals surface area contributed by atoms with Crippen molar-refractivity contribution in [3.8, 4) is 0 Å². The SMILES string of the molecule is Cn1nccc1CCn1c(=S)[nH]c2cc(Cl)cnc21. The third-order valence-corrected chi connectivity index (χ3v) is 3.62. The van der Waals surface area contributed by atoms with Gasteiger partial charge in [0, 0.05) is 38.1 Å². The molecule has 0 bridgehead atoms. The van der Waals surface area contributed by atoms with E-state index in [0.717, 1.165) is 29.8 Å². The minimum Gasteiger partial charge on any atom is -0.329 e. The van der Waals surface area contributed by atoms with Gasteiger partial charge in [0.05, 0.1) is 10.5 Å². The van der Waals surface area contributed by atoms with Gasteiger partial charge in [-0.2, -0.15) is 5.10 Å². The zero-order valence-corrected chi connectivity index (χ0v) is 11.9. The lowest BCUT2D eigenvalue weighted by atomic mass is 10.3. The summed E-state index contributed by atoms with van der Waals surface area (Å²) in [7, 11) is 1.93. The molecule has 0 saturated carbocycles. The first-order chi connectivity index (χ1) is 9.15. The molecular weight excluding hydrogens is 282 g/mol. The number of halogens is 1. The Bertz CT molecular complexity index is 785. The summed E-state index contributed by atoms with van der Waals surface area (Å²) in [6, 6.07) is 3.84. The van der Waals surface area contributed by atoms with Gasteiger partial charge < -0.3 is 9.55 Å². The van der Waals surface area contributed by atoms with Gasteiger partial charge in [-0.1, -0.05) is 11.6 Å². The zero-order valence-electron chi connectivity index (χ0n) is 10.3. The Hall–Kier alpha value is -1.66. The molecule has 3 rings (SSSR count). The summed E-state index contributed by atoms with van der Waals surface area (Å²) in [6.07, 6.45) is 4.27. The first-order valence-corrected chi connectivity index (χ1v) is 6.65. The van der Waals surface area contributed by atoms with Crippen LogP contribution in [-0.4, -0.2) is 24.3 Å². The molecule has 3 aromatic heterocycles. The normalized spacial score (nSPS) is 11.3. The van der Waals surface area contributed by atoms with Gasteiger partial charge in [-0.05, 0) is 24.4 Å². The van der Waals surface area contributed by atoms with Crippen molar-refractivity contribution in [2.75, 3.05) is 0 Å². The first-order valence-electron chi connectivity index (χ1n) is 5.86. The lowest BCUT2D eigenvalue weighted by Gasteiger charge is -2.04. The number of fused-ring (bicyclic) bond motifs is 1. The monoisotopic (exact) mass is 293 g/mol. The minimum absolute atomic E-state index is 0.600. The van der Waals surface area contributed by atoms with Gasteiger partial charge in [0.2, 0.25) is 0 Å². The standard InChI is InChI=1S/C12H12ClN5S/c1-17-9(2-4-15-17)3-5-18-11-10(16-12(18)19)6-8(13)7-14-11/h2,4,6-7H,3,5H2,1H3,(H,16,19). The Morgan fingerprint density at radius 1 is 1.47 bits per heavy atom. The third-order valence-electron chi connectivity index (χ3n) is 3.09. The van der Waals surface area contributed by atoms with Crippen LogP contribution in [0.25, 0.3) is 11.2 Å². The molecule has 3 aromatic rings. The second kappa shape index (κ2) is 4.79. The van der Waals surface area contributed by atoms with E-state index in [1.807, 2.05) is 28.4 Å². The van der Waals surface area contributed by atoms with Crippen LogP contribution in [-0.2, 0) is 20.0 Å². The van der Waals surface area contributed by atoms with Gasteiger partial charge in [0.1, 0.15) is 0 Å². The summed E-state index contributed by atoms with van der Waals surface area (Å²) >= 11 is 11.2. The zero-order chi connectivity index (χ0) is 13.4. The predicted molar refractivity (Wildman–Crippen MR) is 76.8 cm³/mol. The molecule has 0 atom stereocenters. The van der Waals surface area contributed by atoms with Crippen LogP contribution in [0.2, 0.25) is 5.02 Å². The molecule has 0 aliphatic heterocycles. The number of pyridine rings is 1. The van der Waals surface area contributed by atoms with Crippen LogP contribution >= 0.6 is 23.8 Å². The molecule has 19 heavy (non-hydrogen) atoms. The predicted octanol–water partition coefficient (Wildman–Crippen LogP) is 2.72. The van der Waals surface area contributed by atoms with Crippen LogP contribution in [0.3, 0.4) is 0 Å². The summed E-state index contributed by atoms with van der Waals surface area (Å²) in [6.45, 7) is 0.757. The molecule has 1 N–H and O–H groups in total. The maximum atomic E-state index is 5.92. The molecule has 0 unspecified atom stereocenters. The second-order valence-corrected chi connectivity index (χ2v) is 5.13. The summed E-state index contributed by atoms with van der Waals surface area (Å²) in [4.78, 5) is 7.46. The van der Waals surface area contributed by atoms with Crippen molar-refractivity contribution >= 4 is 35.0 Å². The maximum absolute atomic E-state index is 5.92. The summed E-state index contributed by atoms with van der Waals surface area (Å²) in [5, 5.41) is 4.75. The van der Waals surface area contributed by atoms with Gasteiger partial charge in [-0.3, -0.25) is 4.68 Å². The molecule has 7 heteroatoms. The number of imidazole rings is 1. The summed E-state index contributed by atoms with van der Waals surface area (Å²) < 4.78 is 4.50. The fourth-order valence-corrected chi connectivity index (χ4v) is 2.54. The number of H-pyrrole nitrogens is 1. The molecule has 5 nitrogen and oxygen atoms in total. The van der Waals surface area contributed by atoms with Crippen molar-refractivity contribution in [2.45, 2.75) is 13.0 Å². The lowest BCUT2D eigenvalue weighted by molar-refractivity contribution is 0.639. The van der Waals surface area contributed by atoms with Crippen molar-refractivity contribution in [3.63, 3.8) is 0 Å². The number of aryl methyl sites for hydroxylation is 3. The highest BCUT2D eigenvalue weighted by atomic mass is 35.5. The van der Waals surface area contributed by atoms with Crippen molar-refractivity contribution in [1.82, 2.24) is 24.3 Å². The van der Waals surface area contributed by atoms with E-state index in [1.54, 1.807) is 12.4 Å². The van der Waals surface area contributed by atoms with Crippen LogP contribution < -0.4 is 0 Å².